The molecule has 0 radical (unpaired) electrons. The van der Waals surface area contributed by atoms with Crippen molar-refractivity contribution in [2.24, 2.45) is 0 Å². The highest BCUT2D eigenvalue weighted by atomic mass is 32.1. The van der Waals surface area contributed by atoms with Gasteiger partial charge in [-0.15, -0.1) is 11.3 Å². The maximum Gasteiger partial charge on any atom is 0.253 e. The van der Waals surface area contributed by atoms with E-state index in [4.69, 9.17) is 0 Å². The molecule has 0 unspecified atom stereocenters. The van der Waals surface area contributed by atoms with Crippen molar-refractivity contribution in [3.05, 3.63) is 51.5 Å². The highest BCUT2D eigenvalue weighted by molar-refractivity contribution is 7.07. The average Bonchev–Trinajstić information content (AvgIpc) is 2.99. The first-order chi connectivity index (χ1) is 9.74. The molecule has 1 N–H and O–H groups in total. The van der Waals surface area contributed by atoms with Crippen LogP contribution >= 0.6 is 11.3 Å². The minimum Gasteiger partial charge on any atom is -0.336 e. The van der Waals surface area contributed by atoms with Gasteiger partial charge in [0.2, 0.25) is 0 Å². The van der Waals surface area contributed by atoms with Crippen molar-refractivity contribution < 1.29 is 4.79 Å². The fraction of sp³-hybridized carbons (Fsp3) is 0.333. The lowest BCUT2D eigenvalue weighted by molar-refractivity contribution is 0.0783. The molecule has 1 amide bonds. The molecule has 5 heteroatoms. The quantitative estimate of drug-likeness (QED) is 0.940. The first-order valence-electron chi connectivity index (χ1n) is 6.69. The van der Waals surface area contributed by atoms with Gasteiger partial charge < -0.3 is 10.2 Å². The maximum atomic E-state index is 12.4. The van der Waals surface area contributed by atoms with Crippen LogP contribution in [0.25, 0.3) is 0 Å². The Hall–Kier alpha value is -1.72. The van der Waals surface area contributed by atoms with Crippen LogP contribution in [-0.2, 0) is 19.5 Å². The minimum absolute atomic E-state index is 0.0476. The van der Waals surface area contributed by atoms with E-state index in [2.05, 4.69) is 16.4 Å². The smallest absolute Gasteiger partial charge is 0.253 e. The summed E-state index contributed by atoms with van der Waals surface area (Å²) in [5.74, 6) is 0.0476. The van der Waals surface area contributed by atoms with Crippen LogP contribution in [0.5, 0.6) is 0 Å². The van der Waals surface area contributed by atoms with Crippen LogP contribution < -0.4 is 5.32 Å². The van der Waals surface area contributed by atoms with E-state index in [1.165, 1.54) is 11.1 Å². The number of nitrogens with one attached hydrogen (secondary N) is 1. The molecule has 1 aromatic heterocycles. The van der Waals surface area contributed by atoms with Crippen LogP contribution in [0.1, 0.15) is 27.2 Å². The lowest BCUT2D eigenvalue weighted by Crippen LogP contribution is -2.28. The summed E-state index contributed by atoms with van der Waals surface area (Å²) in [7, 11) is 1.82. The number of hydrogen-bond donors (Lipinski definition) is 1. The van der Waals surface area contributed by atoms with Gasteiger partial charge in [0.25, 0.3) is 5.91 Å². The summed E-state index contributed by atoms with van der Waals surface area (Å²) in [6.45, 7) is 2.42. The zero-order chi connectivity index (χ0) is 13.9. The number of hydrogen-bond acceptors (Lipinski definition) is 4. The molecular formula is C15H17N3OS. The number of fused-ring (bicyclic) bond motifs is 1. The Morgan fingerprint density at radius 2 is 2.35 bits per heavy atom. The summed E-state index contributed by atoms with van der Waals surface area (Å²) in [4.78, 5) is 18.4. The normalized spacial score (nSPS) is 13.8. The van der Waals surface area contributed by atoms with E-state index in [9.17, 15) is 4.79 Å². The van der Waals surface area contributed by atoms with Crippen molar-refractivity contribution >= 4 is 17.2 Å². The Labute approximate surface area is 122 Å². The monoisotopic (exact) mass is 287 g/mol. The molecule has 3 rings (SSSR count). The third-order valence-corrected chi connectivity index (χ3v) is 4.20. The van der Waals surface area contributed by atoms with Crippen molar-refractivity contribution in [3.63, 3.8) is 0 Å². The van der Waals surface area contributed by atoms with E-state index in [-0.39, 0.29) is 5.91 Å². The van der Waals surface area contributed by atoms with Gasteiger partial charge in [-0.2, -0.15) is 0 Å². The SMILES string of the molecule is CN(Cc1cscn1)C(=O)c1ccc2c(c1)CNCC2. The Morgan fingerprint density at radius 3 is 3.15 bits per heavy atom. The minimum atomic E-state index is 0.0476. The van der Waals surface area contributed by atoms with Crippen LogP contribution in [-0.4, -0.2) is 29.4 Å². The molecule has 0 atom stereocenters. The number of benzene rings is 1. The highest BCUT2D eigenvalue weighted by Crippen LogP contribution is 2.17. The van der Waals surface area contributed by atoms with Crippen LogP contribution in [0, 0.1) is 0 Å². The van der Waals surface area contributed by atoms with Gasteiger partial charge in [0.15, 0.2) is 0 Å². The predicted octanol–water partition coefficient (Wildman–Crippen LogP) is 2.06. The molecule has 0 aliphatic carbocycles. The fourth-order valence-corrected chi connectivity index (χ4v) is 3.01. The molecule has 0 bridgehead atoms. The van der Waals surface area contributed by atoms with Gasteiger partial charge in [-0.3, -0.25) is 4.79 Å². The zero-order valence-corrected chi connectivity index (χ0v) is 12.2. The van der Waals surface area contributed by atoms with Gasteiger partial charge >= 0.3 is 0 Å². The van der Waals surface area contributed by atoms with Crippen molar-refractivity contribution in [1.82, 2.24) is 15.2 Å². The summed E-state index contributed by atoms with van der Waals surface area (Å²) in [6.07, 6.45) is 1.04. The third kappa shape index (κ3) is 2.73. The second-order valence-electron chi connectivity index (χ2n) is 5.05. The topological polar surface area (TPSA) is 45.2 Å². The molecule has 2 heterocycles. The van der Waals surface area contributed by atoms with Gasteiger partial charge in [0, 0.05) is 24.5 Å². The average molecular weight is 287 g/mol. The first kappa shape index (κ1) is 13.3. The van der Waals surface area contributed by atoms with Gasteiger partial charge in [0.1, 0.15) is 0 Å². The van der Waals surface area contributed by atoms with E-state index >= 15 is 0 Å². The van der Waals surface area contributed by atoms with Gasteiger partial charge in [-0.05, 0) is 36.2 Å². The van der Waals surface area contributed by atoms with Gasteiger partial charge in [0.05, 0.1) is 17.7 Å². The van der Waals surface area contributed by atoms with Crippen molar-refractivity contribution in [3.8, 4) is 0 Å². The van der Waals surface area contributed by atoms with Crippen molar-refractivity contribution in [2.45, 2.75) is 19.5 Å². The van der Waals surface area contributed by atoms with E-state index in [1.807, 2.05) is 24.6 Å². The molecule has 1 aliphatic heterocycles. The number of carbonyl (C=O) groups is 1. The molecule has 2 aromatic rings. The highest BCUT2D eigenvalue weighted by Gasteiger charge is 2.16. The number of nitrogens with zero attached hydrogens (tertiary/aromatic N) is 2. The Bertz CT molecular complexity index is 610. The molecule has 20 heavy (non-hydrogen) atoms. The maximum absolute atomic E-state index is 12.4. The molecule has 1 aliphatic rings. The summed E-state index contributed by atoms with van der Waals surface area (Å²) in [5, 5.41) is 5.31. The van der Waals surface area contributed by atoms with Crippen LogP contribution in [0.2, 0.25) is 0 Å². The van der Waals surface area contributed by atoms with Crippen LogP contribution in [0.15, 0.2) is 29.1 Å². The van der Waals surface area contributed by atoms with Crippen molar-refractivity contribution in [2.75, 3.05) is 13.6 Å². The summed E-state index contributed by atoms with van der Waals surface area (Å²) < 4.78 is 0. The van der Waals surface area contributed by atoms with Gasteiger partial charge in [-0.1, -0.05) is 6.07 Å². The number of thiazole rings is 1. The first-order valence-corrected chi connectivity index (χ1v) is 7.63. The molecule has 0 fully saturated rings. The third-order valence-electron chi connectivity index (χ3n) is 3.57. The van der Waals surface area contributed by atoms with E-state index in [1.54, 1.807) is 21.7 Å². The summed E-state index contributed by atoms with van der Waals surface area (Å²) in [6, 6.07) is 6.03. The van der Waals surface area contributed by atoms with Crippen LogP contribution in [0.3, 0.4) is 0 Å². The van der Waals surface area contributed by atoms with E-state index < -0.39 is 0 Å². The van der Waals surface area contributed by atoms with Gasteiger partial charge in [-0.25, -0.2) is 4.98 Å². The Kier molecular flexibility index (Phi) is 3.80. The summed E-state index contributed by atoms with van der Waals surface area (Å²) >= 11 is 1.55. The molecule has 0 saturated heterocycles. The predicted molar refractivity (Wildman–Crippen MR) is 79.8 cm³/mol. The number of amides is 1. The molecule has 1 aromatic carbocycles. The number of rotatable bonds is 3. The molecule has 0 saturated carbocycles. The Morgan fingerprint density at radius 1 is 1.45 bits per heavy atom. The fourth-order valence-electron chi connectivity index (χ4n) is 2.46. The van der Waals surface area contributed by atoms with E-state index in [0.29, 0.717) is 6.54 Å². The lowest BCUT2D eigenvalue weighted by atomic mass is 9.98. The molecule has 104 valence electrons. The van der Waals surface area contributed by atoms with Crippen LogP contribution in [0.4, 0.5) is 0 Å². The standard InChI is InChI=1S/C15H17N3OS/c1-18(8-14-9-20-10-17-14)15(19)12-3-2-11-4-5-16-7-13(11)6-12/h2-3,6,9-10,16H,4-5,7-8H2,1H3. The lowest BCUT2D eigenvalue weighted by Gasteiger charge is -2.20. The molecular weight excluding hydrogens is 270 g/mol. The van der Waals surface area contributed by atoms with Crippen molar-refractivity contribution in [1.29, 1.82) is 0 Å². The molecule has 4 nitrogen and oxygen atoms in total. The summed E-state index contributed by atoms with van der Waals surface area (Å²) in [5.41, 5.74) is 6.07. The number of carbonyl (C=O) groups excluding carboxylic acids is 1. The Balaban J connectivity index is 1.76. The van der Waals surface area contributed by atoms with E-state index in [0.717, 1.165) is 30.8 Å². The zero-order valence-electron chi connectivity index (χ0n) is 11.4. The largest absolute Gasteiger partial charge is 0.336 e. The second kappa shape index (κ2) is 5.73. The number of aromatic nitrogens is 1. The second-order valence-corrected chi connectivity index (χ2v) is 5.77. The molecule has 0 spiro atoms.